The van der Waals surface area contributed by atoms with Gasteiger partial charge in [-0.05, 0) is 25.8 Å². The number of rotatable bonds is 2. The van der Waals surface area contributed by atoms with Crippen LogP contribution < -0.4 is 10.1 Å². The van der Waals surface area contributed by atoms with Gasteiger partial charge in [-0.15, -0.1) is 0 Å². The van der Waals surface area contributed by atoms with Gasteiger partial charge >= 0.3 is 0 Å². The Hall–Kier alpha value is -1.02. The van der Waals surface area contributed by atoms with E-state index in [-0.39, 0.29) is 6.10 Å². The summed E-state index contributed by atoms with van der Waals surface area (Å²) in [5.41, 5.74) is 1.33. The number of fused-ring (bicyclic) bond motifs is 1. The quantitative estimate of drug-likeness (QED) is 0.770. The molecule has 3 rings (SSSR count). The third-order valence-corrected chi connectivity index (χ3v) is 3.03. The molecule has 2 unspecified atom stereocenters. The SMILES string of the molecule is CC1Oc2ccccc2C1NC1CC1. The van der Waals surface area contributed by atoms with E-state index < -0.39 is 0 Å². The molecule has 14 heavy (non-hydrogen) atoms. The van der Waals surface area contributed by atoms with Gasteiger partial charge in [-0.25, -0.2) is 0 Å². The van der Waals surface area contributed by atoms with Gasteiger partial charge in [0.2, 0.25) is 0 Å². The van der Waals surface area contributed by atoms with Crippen LogP contribution in [-0.4, -0.2) is 12.1 Å². The van der Waals surface area contributed by atoms with E-state index in [1.54, 1.807) is 0 Å². The standard InChI is InChI=1S/C12H15NO/c1-8-12(13-9-6-7-9)10-4-2-3-5-11(10)14-8/h2-5,8-9,12-13H,6-7H2,1H3. The third-order valence-electron chi connectivity index (χ3n) is 3.03. The zero-order valence-electron chi connectivity index (χ0n) is 8.36. The molecule has 1 aromatic rings. The van der Waals surface area contributed by atoms with Crippen molar-refractivity contribution in [1.29, 1.82) is 0 Å². The topological polar surface area (TPSA) is 21.3 Å². The Bertz CT molecular complexity index is 346. The van der Waals surface area contributed by atoms with E-state index in [1.807, 2.05) is 6.07 Å². The summed E-state index contributed by atoms with van der Waals surface area (Å²) in [6.45, 7) is 2.14. The maximum absolute atomic E-state index is 5.79. The fraction of sp³-hybridized carbons (Fsp3) is 0.500. The van der Waals surface area contributed by atoms with Gasteiger partial charge in [-0.2, -0.15) is 0 Å². The highest BCUT2D eigenvalue weighted by atomic mass is 16.5. The highest BCUT2D eigenvalue weighted by molar-refractivity contribution is 5.40. The maximum Gasteiger partial charge on any atom is 0.124 e. The molecule has 1 aromatic carbocycles. The van der Waals surface area contributed by atoms with Gasteiger partial charge in [0.15, 0.2) is 0 Å². The average molecular weight is 189 g/mol. The lowest BCUT2D eigenvalue weighted by Gasteiger charge is -2.16. The first-order chi connectivity index (χ1) is 6.84. The smallest absolute Gasteiger partial charge is 0.124 e. The number of nitrogens with one attached hydrogen (secondary N) is 1. The van der Waals surface area contributed by atoms with Crippen LogP contribution in [0.4, 0.5) is 0 Å². The fourth-order valence-electron chi connectivity index (χ4n) is 2.10. The first-order valence-electron chi connectivity index (χ1n) is 5.36. The summed E-state index contributed by atoms with van der Waals surface area (Å²) >= 11 is 0. The molecule has 2 nitrogen and oxygen atoms in total. The lowest BCUT2D eigenvalue weighted by molar-refractivity contribution is 0.208. The van der Waals surface area contributed by atoms with Crippen molar-refractivity contribution in [3.8, 4) is 5.75 Å². The minimum Gasteiger partial charge on any atom is -0.488 e. The number of hydrogen-bond donors (Lipinski definition) is 1. The summed E-state index contributed by atoms with van der Waals surface area (Å²) in [4.78, 5) is 0. The van der Waals surface area contributed by atoms with Crippen LogP contribution in [0.15, 0.2) is 24.3 Å². The Kier molecular flexibility index (Phi) is 1.77. The molecule has 1 aliphatic carbocycles. The maximum atomic E-state index is 5.79. The Morgan fingerprint density at radius 2 is 2.07 bits per heavy atom. The molecule has 74 valence electrons. The second kappa shape index (κ2) is 2.99. The van der Waals surface area contributed by atoms with E-state index >= 15 is 0 Å². The van der Waals surface area contributed by atoms with Crippen LogP contribution in [0, 0.1) is 0 Å². The Balaban J connectivity index is 1.88. The summed E-state index contributed by atoms with van der Waals surface area (Å²) in [7, 11) is 0. The number of ether oxygens (including phenoxy) is 1. The molecule has 0 amide bonds. The molecular weight excluding hydrogens is 174 g/mol. The number of hydrogen-bond acceptors (Lipinski definition) is 2. The molecule has 1 fully saturated rings. The van der Waals surface area contributed by atoms with Gasteiger partial charge in [-0.3, -0.25) is 0 Å². The molecule has 0 spiro atoms. The van der Waals surface area contributed by atoms with Crippen LogP contribution in [-0.2, 0) is 0 Å². The molecule has 1 saturated carbocycles. The van der Waals surface area contributed by atoms with Crippen LogP contribution >= 0.6 is 0 Å². The summed E-state index contributed by atoms with van der Waals surface area (Å²) in [5, 5.41) is 3.63. The van der Waals surface area contributed by atoms with Crippen molar-refractivity contribution in [2.24, 2.45) is 0 Å². The van der Waals surface area contributed by atoms with Gasteiger partial charge in [0.25, 0.3) is 0 Å². The Morgan fingerprint density at radius 1 is 1.29 bits per heavy atom. The molecule has 1 aliphatic heterocycles. The van der Waals surface area contributed by atoms with E-state index in [9.17, 15) is 0 Å². The Morgan fingerprint density at radius 3 is 2.86 bits per heavy atom. The number of benzene rings is 1. The minimum absolute atomic E-state index is 0.271. The monoisotopic (exact) mass is 189 g/mol. The predicted molar refractivity (Wildman–Crippen MR) is 55.4 cm³/mol. The third kappa shape index (κ3) is 1.30. The molecule has 2 heteroatoms. The summed E-state index contributed by atoms with van der Waals surface area (Å²) < 4.78 is 5.79. The summed E-state index contributed by atoms with van der Waals surface area (Å²) in [6, 6.07) is 9.47. The molecule has 2 atom stereocenters. The van der Waals surface area contributed by atoms with Crippen molar-refractivity contribution >= 4 is 0 Å². The van der Waals surface area contributed by atoms with Crippen molar-refractivity contribution in [3.63, 3.8) is 0 Å². The van der Waals surface area contributed by atoms with E-state index in [2.05, 4.69) is 30.4 Å². The zero-order chi connectivity index (χ0) is 9.54. The van der Waals surface area contributed by atoms with Crippen LogP contribution in [0.1, 0.15) is 31.4 Å². The van der Waals surface area contributed by atoms with Crippen LogP contribution in [0.5, 0.6) is 5.75 Å². The Labute approximate surface area is 84.3 Å². The van der Waals surface area contributed by atoms with Crippen molar-refractivity contribution < 1.29 is 4.74 Å². The lowest BCUT2D eigenvalue weighted by atomic mass is 10.0. The lowest BCUT2D eigenvalue weighted by Crippen LogP contribution is -2.30. The van der Waals surface area contributed by atoms with Gasteiger partial charge in [-0.1, -0.05) is 18.2 Å². The second-order valence-corrected chi connectivity index (χ2v) is 4.28. The fourth-order valence-corrected chi connectivity index (χ4v) is 2.10. The molecular formula is C12H15NO. The molecule has 0 radical (unpaired) electrons. The van der Waals surface area contributed by atoms with Crippen molar-refractivity contribution in [2.75, 3.05) is 0 Å². The largest absolute Gasteiger partial charge is 0.488 e. The molecule has 0 bridgehead atoms. The van der Waals surface area contributed by atoms with Gasteiger partial charge in [0.05, 0.1) is 6.04 Å². The minimum atomic E-state index is 0.271. The molecule has 2 aliphatic rings. The predicted octanol–water partition coefficient (Wildman–Crippen LogP) is 2.26. The highest BCUT2D eigenvalue weighted by Crippen LogP contribution is 2.38. The summed E-state index contributed by atoms with van der Waals surface area (Å²) in [5.74, 6) is 1.05. The van der Waals surface area contributed by atoms with E-state index in [0.717, 1.165) is 11.8 Å². The van der Waals surface area contributed by atoms with Gasteiger partial charge < -0.3 is 10.1 Å². The van der Waals surface area contributed by atoms with Gasteiger partial charge in [0.1, 0.15) is 11.9 Å². The van der Waals surface area contributed by atoms with E-state index in [1.165, 1.54) is 18.4 Å². The normalized spacial score (nSPS) is 29.8. The average Bonchev–Trinajstić information content (AvgIpc) is 2.93. The molecule has 1 N–H and O–H groups in total. The molecule has 0 saturated heterocycles. The molecule has 0 aromatic heterocycles. The van der Waals surface area contributed by atoms with Crippen LogP contribution in [0.25, 0.3) is 0 Å². The van der Waals surface area contributed by atoms with Crippen LogP contribution in [0.3, 0.4) is 0 Å². The first kappa shape index (κ1) is 8.30. The zero-order valence-corrected chi connectivity index (χ0v) is 8.36. The molecule has 1 heterocycles. The summed E-state index contributed by atoms with van der Waals surface area (Å²) in [6.07, 6.45) is 2.92. The van der Waals surface area contributed by atoms with Crippen molar-refractivity contribution in [3.05, 3.63) is 29.8 Å². The number of para-hydroxylation sites is 1. The van der Waals surface area contributed by atoms with Crippen LogP contribution in [0.2, 0.25) is 0 Å². The highest BCUT2D eigenvalue weighted by Gasteiger charge is 2.34. The second-order valence-electron chi connectivity index (χ2n) is 4.28. The van der Waals surface area contributed by atoms with Gasteiger partial charge in [0, 0.05) is 11.6 Å². The van der Waals surface area contributed by atoms with E-state index in [0.29, 0.717) is 6.04 Å². The van der Waals surface area contributed by atoms with E-state index in [4.69, 9.17) is 4.74 Å². The van der Waals surface area contributed by atoms with Crippen molar-refractivity contribution in [1.82, 2.24) is 5.32 Å². The first-order valence-corrected chi connectivity index (χ1v) is 5.36. The van der Waals surface area contributed by atoms with Crippen molar-refractivity contribution in [2.45, 2.75) is 38.0 Å².